The van der Waals surface area contributed by atoms with E-state index in [-0.39, 0.29) is 17.5 Å². The van der Waals surface area contributed by atoms with Gasteiger partial charge in [-0.3, -0.25) is 14.6 Å². The highest BCUT2D eigenvalue weighted by Crippen LogP contribution is 2.23. The van der Waals surface area contributed by atoms with Crippen LogP contribution in [0.25, 0.3) is 17.0 Å². The fourth-order valence-corrected chi connectivity index (χ4v) is 2.90. The monoisotopic (exact) mass is 413 g/mol. The number of hydrogen-bond acceptors (Lipinski definition) is 5. The Morgan fingerprint density at radius 2 is 1.81 bits per heavy atom. The second-order valence-corrected chi connectivity index (χ2v) is 6.59. The van der Waals surface area contributed by atoms with E-state index >= 15 is 0 Å². The van der Waals surface area contributed by atoms with Crippen LogP contribution in [0.2, 0.25) is 0 Å². The molecule has 0 aliphatic heterocycles. The number of rotatable bonds is 6. The van der Waals surface area contributed by atoms with Gasteiger partial charge in [-0.25, -0.2) is 0 Å². The van der Waals surface area contributed by atoms with Crippen molar-refractivity contribution < 1.29 is 18.7 Å². The van der Waals surface area contributed by atoms with Crippen LogP contribution in [0.3, 0.4) is 0 Å². The van der Waals surface area contributed by atoms with Crippen molar-refractivity contribution >= 4 is 34.5 Å². The summed E-state index contributed by atoms with van der Waals surface area (Å²) in [4.78, 5) is 27.9. The van der Waals surface area contributed by atoms with Gasteiger partial charge in [-0.05, 0) is 48.5 Å². The lowest BCUT2D eigenvalue weighted by atomic mass is 10.2. The maximum absolute atomic E-state index is 12.2. The second-order valence-electron chi connectivity index (χ2n) is 6.59. The quantitative estimate of drug-likeness (QED) is 0.450. The molecule has 0 unspecified atom stereocenters. The van der Waals surface area contributed by atoms with Gasteiger partial charge in [0.2, 0.25) is 5.91 Å². The van der Waals surface area contributed by atoms with Crippen LogP contribution < -0.4 is 15.4 Å². The molecule has 0 fully saturated rings. The van der Waals surface area contributed by atoms with Gasteiger partial charge in [0.25, 0.3) is 5.91 Å². The number of para-hydroxylation sites is 1. The van der Waals surface area contributed by atoms with E-state index in [1.807, 2.05) is 30.3 Å². The van der Waals surface area contributed by atoms with Crippen molar-refractivity contribution in [1.29, 1.82) is 0 Å². The van der Waals surface area contributed by atoms with Gasteiger partial charge in [0, 0.05) is 36.5 Å². The summed E-state index contributed by atoms with van der Waals surface area (Å²) in [5.41, 5.74) is 1.65. The standard InChI is InChI=1S/C24H19N3O4/c1-25-24(29)21-15-20(12-13-26-21)30-18-8-6-17(7-9-18)27-23(28)11-10-19-14-16-4-2-3-5-22(16)31-19/h2-15H,1H3,(H,25,29)(H,27,28)/b11-10+. The number of aromatic nitrogens is 1. The van der Waals surface area contributed by atoms with Crippen LogP contribution in [0.15, 0.2) is 83.4 Å². The molecule has 0 bridgehead atoms. The van der Waals surface area contributed by atoms with Gasteiger partial charge >= 0.3 is 0 Å². The molecule has 154 valence electrons. The normalized spacial score (nSPS) is 10.9. The SMILES string of the molecule is CNC(=O)c1cc(Oc2ccc(NC(=O)/C=C/c3cc4ccccc4o3)cc2)ccn1. The molecule has 4 aromatic rings. The summed E-state index contributed by atoms with van der Waals surface area (Å²) in [6, 6.07) is 19.6. The van der Waals surface area contributed by atoms with Crippen molar-refractivity contribution in [1.82, 2.24) is 10.3 Å². The van der Waals surface area contributed by atoms with Gasteiger partial charge in [-0.2, -0.15) is 0 Å². The lowest BCUT2D eigenvalue weighted by Gasteiger charge is -2.08. The molecule has 0 aliphatic carbocycles. The average Bonchev–Trinajstić information content (AvgIpc) is 3.22. The summed E-state index contributed by atoms with van der Waals surface area (Å²) in [5, 5.41) is 6.28. The number of nitrogens with one attached hydrogen (secondary N) is 2. The Labute approximate surface area is 178 Å². The highest BCUT2D eigenvalue weighted by molar-refractivity contribution is 6.02. The largest absolute Gasteiger partial charge is 0.457 e. The first-order valence-electron chi connectivity index (χ1n) is 9.54. The Morgan fingerprint density at radius 1 is 1.00 bits per heavy atom. The molecular formula is C24H19N3O4. The Bertz CT molecular complexity index is 1230. The van der Waals surface area contributed by atoms with Crippen molar-refractivity contribution in [3.63, 3.8) is 0 Å². The van der Waals surface area contributed by atoms with Crippen LogP contribution >= 0.6 is 0 Å². The summed E-state index contributed by atoms with van der Waals surface area (Å²) >= 11 is 0. The minimum Gasteiger partial charge on any atom is -0.457 e. The molecule has 7 nitrogen and oxygen atoms in total. The van der Waals surface area contributed by atoms with Crippen molar-refractivity contribution in [3.05, 3.63) is 90.5 Å². The number of amides is 2. The van der Waals surface area contributed by atoms with Gasteiger partial charge < -0.3 is 19.8 Å². The van der Waals surface area contributed by atoms with E-state index in [9.17, 15) is 9.59 Å². The lowest BCUT2D eigenvalue weighted by Crippen LogP contribution is -2.18. The van der Waals surface area contributed by atoms with Crippen LogP contribution in [0, 0.1) is 0 Å². The number of carbonyl (C=O) groups excluding carboxylic acids is 2. The summed E-state index contributed by atoms with van der Waals surface area (Å²) in [7, 11) is 1.54. The van der Waals surface area contributed by atoms with Crippen molar-refractivity contribution in [2.45, 2.75) is 0 Å². The van der Waals surface area contributed by atoms with Crippen LogP contribution in [0.1, 0.15) is 16.2 Å². The highest BCUT2D eigenvalue weighted by Gasteiger charge is 2.07. The molecule has 4 rings (SSSR count). The number of benzene rings is 2. The van der Waals surface area contributed by atoms with E-state index in [0.717, 1.165) is 11.0 Å². The molecule has 7 heteroatoms. The van der Waals surface area contributed by atoms with Crippen molar-refractivity contribution in [2.75, 3.05) is 12.4 Å². The number of fused-ring (bicyclic) bond motifs is 1. The number of hydrogen-bond donors (Lipinski definition) is 2. The van der Waals surface area contributed by atoms with Crippen molar-refractivity contribution in [3.8, 4) is 11.5 Å². The van der Waals surface area contributed by atoms with E-state index in [1.54, 1.807) is 42.5 Å². The molecule has 0 radical (unpaired) electrons. The molecule has 0 saturated heterocycles. The first-order chi connectivity index (χ1) is 15.1. The lowest BCUT2D eigenvalue weighted by molar-refractivity contribution is -0.111. The summed E-state index contributed by atoms with van der Waals surface area (Å²) in [5.74, 6) is 1.08. The van der Waals surface area contributed by atoms with Crippen molar-refractivity contribution in [2.24, 2.45) is 0 Å². The minimum absolute atomic E-state index is 0.264. The fraction of sp³-hybridized carbons (Fsp3) is 0.0417. The number of ether oxygens (including phenoxy) is 1. The first-order valence-corrected chi connectivity index (χ1v) is 9.54. The zero-order valence-electron chi connectivity index (χ0n) is 16.7. The molecule has 2 amide bonds. The van der Waals surface area contributed by atoms with Crippen LogP contribution in [0.4, 0.5) is 5.69 Å². The summed E-state index contributed by atoms with van der Waals surface area (Å²) in [6.07, 6.45) is 4.54. The zero-order valence-corrected chi connectivity index (χ0v) is 16.7. The van der Waals surface area contributed by atoms with Crippen LogP contribution in [0.5, 0.6) is 11.5 Å². The number of anilines is 1. The molecule has 2 heterocycles. The minimum atomic E-state index is -0.292. The van der Waals surface area contributed by atoms with Crippen LogP contribution in [-0.2, 0) is 4.79 Å². The molecule has 0 spiro atoms. The highest BCUT2D eigenvalue weighted by atomic mass is 16.5. The predicted molar refractivity (Wildman–Crippen MR) is 118 cm³/mol. The van der Waals surface area contributed by atoms with E-state index in [2.05, 4.69) is 15.6 Å². The van der Waals surface area contributed by atoms with Crippen LogP contribution in [-0.4, -0.2) is 23.8 Å². The van der Waals surface area contributed by atoms with E-state index in [4.69, 9.17) is 9.15 Å². The third kappa shape index (κ3) is 4.97. The molecular weight excluding hydrogens is 394 g/mol. The van der Waals surface area contributed by atoms with Gasteiger partial charge in [-0.1, -0.05) is 18.2 Å². The third-order valence-corrected chi connectivity index (χ3v) is 4.39. The summed E-state index contributed by atoms with van der Waals surface area (Å²) < 4.78 is 11.4. The molecule has 31 heavy (non-hydrogen) atoms. The molecule has 2 aromatic heterocycles. The third-order valence-electron chi connectivity index (χ3n) is 4.39. The topological polar surface area (TPSA) is 93.5 Å². The maximum Gasteiger partial charge on any atom is 0.269 e. The number of pyridine rings is 1. The summed E-state index contributed by atoms with van der Waals surface area (Å²) in [6.45, 7) is 0. The Kier molecular flexibility index (Phi) is 5.75. The smallest absolute Gasteiger partial charge is 0.269 e. The Hall–Kier alpha value is -4.39. The van der Waals surface area contributed by atoms with E-state index in [1.165, 1.54) is 19.3 Å². The van der Waals surface area contributed by atoms with Gasteiger partial charge in [0.1, 0.15) is 28.5 Å². The Morgan fingerprint density at radius 3 is 2.58 bits per heavy atom. The molecule has 0 atom stereocenters. The zero-order chi connectivity index (χ0) is 21.6. The molecule has 2 aromatic carbocycles. The number of nitrogens with zero attached hydrogens (tertiary/aromatic N) is 1. The van der Waals surface area contributed by atoms with Gasteiger partial charge in [0.05, 0.1) is 0 Å². The van der Waals surface area contributed by atoms with Gasteiger partial charge in [-0.15, -0.1) is 0 Å². The predicted octanol–water partition coefficient (Wildman–Crippen LogP) is 4.63. The van der Waals surface area contributed by atoms with Gasteiger partial charge in [0.15, 0.2) is 0 Å². The Balaban J connectivity index is 1.37. The molecule has 0 aliphatic rings. The maximum atomic E-state index is 12.2. The first kappa shape index (κ1) is 19.9. The number of furan rings is 1. The van der Waals surface area contributed by atoms with E-state index < -0.39 is 0 Å². The number of carbonyl (C=O) groups is 2. The molecule has 0 saturated carbocycles. The average molecular weight is 413 g/mol. The second kappa shape index (κ2) is 8.96. The molecule has 2 N–H and O–H groups in total. The van der Waals surface area contributed by atoms with E-state index in [0.29, 0.717) is 22.9 Å². The fourth-order valence-electron chi connectivity index (χ4n) is 2.90.